The van der Waals surface area contributed by atoms with Gasteiger partial charge in [0.05, 0.1) is 12.7 Å². The Morgan fingerprint density at radius 1 is 1.37 bits per heavy atom. The Labute approximate surface area is 116 Å². The van der Waals surface area contributed by atoms with Gasteiger partial charge in [0.15, 0.2) is 0 Å². The van der Waals surface area contributed by atoms with Crippen LogP contribution in [-0.2, 0) is 9.53 Å². The van der Waals surface area contributed by atoms with Crippen LogP contribution in [0.2, 0.25) is 0 Å². The largest absolute Gasteiger partial charge is 0.466 e. The van der Waals surface area contributed by atoms with Crippen LogP contribution in [-0.4, -0.2) is 23.8 Å². The Morgan fingerprint density at radius 3 is 2.63 bits per heavy atom. The van der Waals surface area contributed by atoms with Gasteiger partial charge in [0.25, 0.3) is 0 Å². The van der Waals surface area contributed by atoms with Gasteiger partial charge in [-0.05, 0) is 44.1 Å². The Morgan fingerprint density at radius 2 is 2.05 bits per heavy atom. The average molecular weight is 266 g/mol. The lowest BCUT2D eigenvalue weighted by atomic mass is 9.82. The summed E-state index contributed by atoms with van der Waals surface area (Å²) in [5, 5.41) is 10.3. The van der Waals surface area contributed by atoms with Gasteiger partial charge >= 0.3 is 5.97 Å². The fourth-order valence-electron chi connectivity index (χ4n) is 2.73. The summed E-state index contributed by atoms with van der Waals surface area (Å²) in [5.74, 6) is 0.179. The van der Waals surface area contributed by atoms with Gasteiger partial charge in [-0.15, -0.1) is 5.73 Å². The number of hydrogen-bond acceptors (Lipinski definition) is 3. The molecule has 0 aliphatic heterocycles. The van der Waals surface area contributed by atoms with Crippen LogP contribution in [0.1, 0.15) is 58.3 Å². The van der Waals surface area contributed by atoms with E-state index in [9.17, 15) is 9.90 Å². The van der Waals surface area contributed by atoms with Gasteiger partial charge in [-0.1, -0.05) is 25.8 Å². The van der Waals surface area contributed by atoms with Crippen LogP contribution < -0.4 is 0 Å². The van der Waals surface area contributed by atoms with Crippen molar-refractivity contribution < 1.29 is 14.6 Å². The first-order chi connectivity index (χ1) is 9.19. The lowest BCUT2D eigenvalue weighted by molar-refractivity contribution is -0.143. The molecule has 0 radical (unpaired) electrons. The minimum Gasteiger partial charge on any atom is -0.466 e. The molecule has 0 amide bonds. The van der Waals surface area contributed by atoms with Crippen molar-refractivity contribution in [2.45, 2.75) is 64.4 Å². The zero-order chi connectivity index (χ0) is 14.1. The molecule has 1 rings (SSSR count). The highest BCUT2D eigenvalue weighted by molar-refractivity contribution is 5.69. The summed E-state index contributed by atoms with van der Waals surface area (Å²) in [4.78, 5) is 11.3. The molecule has 0 aromatic rings. The molecular formula is C16H26O3. The van der Waals surface area contributed by atoms with Crippen molar-refractivity contribution in [3.8, 4) is 0 Å². The summed E-state index contributed by atoms with van der Waals surface area (Å²) in [6, 6.07) is 0. The van der Waals surface area contributed by atoms with E-state index in [1.165, 1.54) is 19.3 Å². The zero-order valence-corrected chi connectivity index (χ0v) is 12.0. The summed E-state index contributed by atoms with van der Waals surface area (Å²) in [7, 11) is 0. The molecule has 1 atom stereocenters. The topological polar surface area (TPSA) is 46.5 Å². The van der Waals surface area contributed by atoms with Crippen LogP contribution >= 0.6 is 0 Å². The van der Waals surface area contributed by atoms with E-state index < -0.39 is 6.10 Å². The number of aliphatic hydroxyl groups is 1. The highest BCUT2D eigenvalue weighted by Crippen LogP contribution is 2.30. The number of carbonyl (C=O) groups is 1. The molecule has 1 aliphatic carbocycles. The van der Waals surface area contributed by atoms with E-state index in [0.29, 0.717) is 31.8 Å². The van der Waals surface area contributed by atoms with E-state index >= 15 is 0 Å². The maximum absolute atomic E-state index is 11.3. The van der Waals surface area contributed by atoms with E-state index in [1.54, 1.807) is 6.92 Å². The van der Waals surface area contributed by atoms with Crippen LogP contribution in [0.4, 0.5) is 0 Å². The maximum atomic E-state index is 11.3. The molecule has 3 nitrogen and oxygen atoms in total. The quantitative estimate of drug-likeness (QED) is 0.567. The standard InChI is InChI=1S/C16H26O3/c1-3-13(11-8-12-15(17)19-4-2)16(18)14-9-6-5-7-10-14/h14,16,18H,1,4-12H2,2H3/t16-/m0/s1. The maximum Gasteiger partial charge on any atom is 0.305 e. The predicted molar refractivity (Wildman–Crippen MR) is 75.7 cm³/mol. The van der Waals surface area contributed by atoms with E-state index in [0.717, 1.165) is 18.4 Å². The summed E-state index contributed by atoms with van der Waals surface area (Å²) >= 11 is 0. The Balaban J connectivity index is 2.36. The Hall–Kier alpha value is -1.05. The van der Waals surface area contributed by atoms with Crippen LogP contribution in [0, 0.1) is 5.92 Å². The van der Waals surface area contributed by atoms with Crippen molar-refractivity contribution in [3.63, 3.8) is 0 Å². The number of aliphatic hydroxyl groups excluding tert-OH is 1. The molecule has 0 spiro atoms. The number of ether oxygens (including phenoxy) is 1. The monoisotopic (exact) mass is 266 g/mol. The molecule has 19 heavy (non-hydrogen) atoms. The molecule has 1 aliphatic rings. The molecule has 0 unspecified atom stereocenters. The number of esters is 1. The second-order valence-electron chi connectivity index (χ2n) is 5.20. The normalized spacial score (nSPS) is 17.6. The molecule has 0 aromatic heterocycles. The van der Waals surface area contributed by atoms with Crippen molar-refractivity contribution in [3.05, 3.63) is 17.9 Å². The van der Waals surface area contributed by atoms with Gasteiger partial charge in [-0.3, -0.25) is 4.79 Å². The van der Waals surface area contributed by atoms with Crippen molar-refractivity contribution >= 4 is 5.97 Å². The fraction of sp³-hybridized carbons (Fsp3) is 0.750. The Kier molecular flexibility index (Phi) is 7.54. The predicted octanol–water partition coefficient (Wildman–Crippen LogP) is 3.37. The summed E-state index contributed by atoms with van der Waals surface area (Å²) < 4.78 is 4.89. The van der Waals surface area contributed by atoms with Gasteiger partial charge < -0.3 is 9.84 Å². The first-order valence-corrected chi connectivity index (χ1v) is 7.41. The van der Waals surface area contributed by atoms with E-state index in [1.807, 2.05) is 0 Å². The highest BCUT2D eigenvalue weighted by Gasteiger charge is 2.24. The SMILES string of the molecule is C=C=C(CCCC(=O)OCC)[C@H](O)C1CCCCC1. The lowest BCUT2D eigenvalue weighted by Crippen LogP contribution is -2.24. The Bertz CT molecular complexity index is 323. The summed E-state index contributed by atoms with van der Waals surface area (Å²) in [6.07, 6.45) is 7.20. The molecule has 108 valence electrons. The van der Waals surface area contributed by atoms with Crippen LogP contribution in [0.25, 0.3) is 0 Å². The highest BCUT2D eigenvalue weighted by atomic mass is 16.5. The molecular weight excluding hydrogens is 240 g/mol. The third-order valence-electron chi connectivity index (χ3n) is 3.81. The van der Waals surface area contributed by atoms with Crippen molar-refractivity contribution in [1.82, 2.24) is 0 Å². The minimum atomic E-state index is -0.431. The van der Waals surface area contributed by atoms with E-state index in [-0.39, 0.29) is 5.97 Å². The molecule has 0 aromatic carbocycles. The molecule has 0 saturated heterocycles. The van der Waals surface area contributed by atoms with Crippen molar-refractivity contribution in [2.24, 2.45) is 5.92 Å². The van der Waals surface area contributed by atoms with Crippen molar-refractivity contribution in [2.75, 3.05) is 6.61 Å². The minimum absolute atomic E-state index is 0.168. The van der Waals surface area contributed by atoms with Gasteiger partial charge in [0.2, 0.25) is 0 Å². The first kappa shape index (κ1) is 16.0. The molecule has 1 fully saturated rings. The zero-order valence-electron chi connectivity index (χ0n) is 12.0. The van der Waals surface area contributed by atoms with Crippen molar-refractivity contribution in [1.29, 1.82) is 0 Å². The fourth-order valence-corrected chi connectivity index (χ4v) is 2.73. The second-order valence-corrected chi connectivity index (χ2v) is 5.20. The number of hydrogen-bond donors (Lipinski definition) is 1. The number of carbonyl (C=O) groups excluding carboxylic acids is 1. The smallest absolute Gasteiger partial charge is 0.305 e. The van der Waals surface area contributed by atoms with Gasteiger partial charge in [-0.2, -0.15) is 0 Å². The van der Waals surface area contributed by atoms with E-state index in [2.05, 4.69) is 12.3 Å². The van der Waals surface area contributed by atoms with Crippen LogP contribution in [0.15, 0.2) is 17.9 Å². The van der Waals surface area contributed by atoms with Crippen LogP contribution in [0.3, 0.4) is 0 Å². The lowest BCUT2D eigenvalue weighted by Gasteiger charge is -2.27. The van der Waals surface area contributed by atoms with Crippen LogP contribution in [0.5, 0.6) is 0 Å². The molecule has 3 heteroatoms. The van der Waals surface area contributed by atoms with Gasteiger partial charge in [0.1, 0.15) is 0 Å². The molecule has 1 saturated carbocycles. The second kappa shape index (κ2) is 8.95. The number of rotatable bonds is 7. The van der Waals surface area contributed by atoms with Gasteiger partial charge in [0, 0.05) is 6.42 Å². The summed E-state index contributed by atoms with van der Waals surface area (Å²) in [6.45, 7) is 5.90. The van der Waals surface area contributed by atoms with Gasteiger partial charge in [-0.25, -0.2) is 0 Å². The molecule has 1 N–H and O–H groups in total. The third kappa shape index (κ3) is 5.63. The first-order valence-electron chi connectivity index (χ1n) is 7.41. The molecule has 0 bridgehead atoms. The third-order valence-corrected chi connectivity index (χ3v) is 3.81. The average Bonchev–Trinajstić information content (AvgIpc) is 2.44. The summed E-state index contributed by atoms with van der Waals surface area (Å²) in [5.41, 5.74) is 3.73. The molecule has 0 heterocycles. The van der Waals surface area contributed by atoms with E-state index in [4.69, 9.17) is 4.74 Å².